The molecular formula is C15H13F3N2. The molecule has 0 aliphatic heterocycles. The Hall–Kier alpha value is -2.04. The van der Waals surface area contributed by atoms with Crippen LogP contribution >= 0.6 is 0 Å². The summed E-state index contributed by atoms with van der Waals surface area (Å²) in [6.07, 6.45) is -2.73. The Bertz CT molecular complexity index is 800. The SMILES string of the molecule is CCn1c2cccnc2c2cc(C(F)(F)F)cc(C)c21. The summed E-state index contributed by atoms with van der Waals surface area (Å²) in [7, 11) is 0. The van der Waals surface area contributed by atoms with Crippen LogP contribution in [0.15, 0.2) is 30.5 Å². The normalized spacial score (nSPS) is 12.4. The van der Waals surface area contributed by atoms with Crippen molar-refractivity contribution in [1.82, 2.24) is 9.55 Å². The van der Waals surface area contributed by atoms with Gasteiger partial charge in [0.15, 0.2) is 0 Å². The Balaban J connectivity index is 2.51. The number of halogens is 3. The minimum Gasteiger partial charge on any atom is -0.339 e. The summed E-state index contributed by atoms with van der Waals surface area (Å²) in [5.41, 5.74) is 2.32. The lowest BCUT2D eigenvalue weighted by Gasteiger charge is -2.10. The summed E-state index contributed by atoms with van der Waals surface area (Å²) >= 11 is 0. The Morgan fingerprint density at radius 3 is 2.65 bits per heavy atom. The molecule has 2 heterocycles. The van der Waals surface area contributed by atoms with Crippen molar-refractivity contribution >= 4 is 21.9 Å². The maximum atomic E-state index is 13.0. The molecule has 0 aliphatic rings. The average Bonchev–Trinajstić information content (AvgIpc) is 2.72. The number of nitrogens with zero attached hydrogens (tertiary/aromatic N) is 2. The van der Waals surface area contributed by atoms with Gasteiger partial charge in [0, 0.05) is 18.1 Å². The number of aromatic nitrogens is 2. The molecule has 0 bridgehead atoms. The molecule has 5 heteroatoms. The minimum atomic E-state index is -4.34. The van der Waals surface area contributed by atoms with E-state index in [0.29, 0.717) is 23.0 Å². The van der Waals surface area contributed by atoms with Crippen LogP contribution in [-0.2, 0) is 12.7 Å². The zero-order valence-electron chi connectivity index (χ0n) is 11.1. The number of alkyl halides is 3. The van der Waals surface area contributed by atoms with Crippen LogP contribution in [0.4, 0.5) is 13.2 Å². The summed E-state index contributed by atoms with van der Waals surface area (Å²) < 4.78 is 40.9. The van der Waals surface area contributed by atoms with Gasteiger partial charge in [-0.25, -0.2) is 0 Å². The lowest BCUT2D eigenvalue weighted by molar-refractivity contribution is -0.137. The molecule has 3 rings (SSSR count). The number of fused-ring (bicyclic) bond motifs is 3. The quantitative estimate of drug-likeness (QED) is 0.639. The number of hydrogen-bond acceptors (Lipinski definition) is 1. The van der Waals surface area contributed by atoms with Crippen molar-refractivity contribution in [2.45, 2.75) is 26.6 Å². The van der Waals surface area contributed by atoms with Gasteiger partial charge in [0.1, 0.15) is 0 Å². The first kappa shape index (κ1) is 13.0. The first-order chi connectivity index (χ1) is 9.43. The average molecular weight is 278 g/mol. The standard InChI is InChI=1S/C15H13F3N2/c1-3-20-12-5-4-6-19-13(12)11-8-10(15(16,17)18)7-9(2)14(11)20/h4-8H,3H2,1-2H3. The van der Waals surface area contributed by atoms with Crippen molar-refractivity contribution in [3.8, 4) is 0 Å². The molecule has 0 atom stereocenters. The molecule has 0 spiro atoms. The van der Waals surface area contributed by atoms with E-state index in [1.165, 1.54) is 12.1 Å². The topological polar surface area (TPSA) is 17.8 Å². The Labute approximate surface area is 113 Å². The Morgan fingerprint density at radius 2 is 2.00 bits per heavy atom. The largest absolute Gasteiger partial charge is 0.416 e. The molecule has 104 valence electrons. The number of aryl methyl sites for hydroxylation is 2. The summed E-state index contributed by atoms with van der Waals surface area (Å²) in [6.45, 7) is 4.38. The van der Waals surface area contributed by atoms with Gasteiger partial charge in [-0.3, -0.25) is 4.98 Å². The molecule has 0 radical (unpaired) electrons. The smallest absolute Gasteiger partial charge is 0.339 e. The van der Waals surface area contributed by atoms with Crippen molar-refractivity contribution in [3.05, 3.63) is 41.6 Å². The molecule has 0 fully saturated rings. The number of rotatable bonds is 1. The lowest BCUT2D eigenvalue weighted by atomic mass is 10.1. The van der Waals surface area contributed by atoms with E-state index in [0.717, 1.165) is 11.0 Å². The van der Waals surface area contributed by atoms with Crippen molar-refractivity contribution in [3.63, 3.8) is 0 Å². The van der Waals surface area contributed by atoms with Crippen LogP contribution in [0.5, 0.6) is 0 Å². The van der Waals surface area contributed by atoms with Crippen LogP contribution in [0, 0.1) is 6.92 Å². The van der Waals surface area contributed by atoms with Crippen molar-refractivity contribution in [2.75, 3.05) is 0 Å². The van der Waals surface area contributed by atoms with Crippen LogP contribution in [0.1, 0.15) is 18.1 Å². The van der Waals surface area contributed by atoms with Crippen LogP contribution in [0.25, 0.3) is 21.9 Å². The Kier molecular flexibility index (Phi) is 2.74. The molecule has 0 amide bonds. The fourth-order valence-corrected chi connectivity index (χ4v) is 2.75. The van der Waals surface area contributed by atoms with Gasteiger partial charge in [-0.15, -0.1) is 0 Å². The molecule has 20 heavy (non-hydrogen) atoms. The second-order valence-corrected chi connectivity index (χ2v) is 4.80. The number of benzene rings is 1. The Morgan fingerprint density at radius 1 is 1.25 bits per heavy atom. The van der Waals surface area contributed by atoms with E-state index in [1.807, 2.05) is 17.6 Å². The molecule has 1 aromatic carbocycles. The molecule has 0 N–H and O–H groups in total. The van der Waals surface area contributed by atoms with Crippen LogP contribution in [0.2, 0.25) is 0 Å². The highest BCUT2D eigenvalue weighted by atomic mass is 19.4. The van der Waals surface area contributed by atoms with E-state index in [1.54, 1.807) is 19.2 Å². The van der Waals surface area contributed by atoms with Gasteiger partial charge < -0.3 is 4.57 Å². The van der Waals surface area contributed by atoms with Gasteiger partial charge >= 0.3 is 6.18 Å². The predicted octanol–water partition coefficient (Wildman–Crippen LogP) is 4.54. The molecule has 2 nitrogen and oxygen atoms in total. The van der Waals surface area contributed by atoms with E-state index in [4.69, 9.17) is 0 Å². The number of pyridine rings is 1. The lowest BCUT2D eigenvalue weighted by Crippen LogP contribution is -2.05. The summed E-state index contributed by atoms with van der Waals surface area (Å²) in [5.74, 6) is 0. The van der Waals surface area contributed by atoms with Crippen molar-refractivity contribution in [1.29, 1.82) is 0 Å². The van der Waals surface area contributed by atoms with E-state index in [-0.39, 0.29) is 0 Å². The van der Waals surface area contributed by atoms with E-state index >= 15 is 0 Å². The monoisotopic (exact) mass is 278 g/mol. The molecule has 3 aromatic rings. The second kappa shape index (κ2) is 4.23. The van der Waals surface area contributed by atoms with Crippen LogP contribution in [-0.4, -0.2) is 9.55 Å². The maximum Gasteiger partial charge on any atom is 0.416 e. The zero-order chi connectivity index (χ0) is 14.5. The maximum absolute atomic E-state index is 13.0. The van der Waals surface area contributed by atoms with E-state index < -0.39 is 11.7 Å². The molecule has 0 unspecified atom stereocenters. The summed E-state index contributed by atoms with van der Waals surface area (Å²) in [5, 5.41) is 0.565. The second-order valence-electron chi connectivity index (χ2n) is 4.80. The molecule has 0 saturated carbocycles. The fourth-order valence-electron chi connectivity index (χ4n) is 2.75. The minimum absolute atomic E-state index is 0.565. The summed E-state index contributed by atoms with van der Waals surface area (Å²) in [4.78, 5) is 4.25. The van der Waals surface area contributed by atoms with Crippen LogP contribution < -0.4 is 0 Å². The third-order valence-electron chi connectivity index (χ3n) is 3.55. The molecule has 0 aliphatic carbocycles. The zero-order valence-corrected chi connectivity index (χ0v) is 11.1. The fraction of sp³-hybridized carbons (Fsp3) is 0.267. The van der Waals surface area contributed by atoms with Gasteiger partial charge in [0.05, 0.1) is 22.1 Å². The van der Waals surface area contributed by atoms with Crippen LogP contribution in [0.3, 0.4) is 0 Å². The van der Waals surface area contributed by atoms with Crippen molar-refractivity contribution in [2.24, 2.45) is 0 Å². The van der Waals surface area contributed by atoms with E-state index in [2.05, 4.69) is 4.98 Å². The van der Waals surface area contributed by atoms with Gasteiger partial charge in [-0.05, 0) is 43.7 Å². The highest BCUT2D eigenvalue weighted by molar-refractivity contribution is 6.07. The number of hydrogen-bond donors (Lipinski definition) is 0. The van der Waals surface area contributed by atoms with Crippen molar-refractivity contribution < 1.29 is 13.2 Å². The first-order valence-corrected chi connectivity index (χ1v) is 6.38. The predicted molar refractivity (Wildman–Crippen MR) is 72.7 cm³/mol. The molecule has 0 saturated heterocycles. The van der Waals surface area contributed by atoms with Gasteiger partial charge in [-0.1, -0.05) is 0 Å². The van der Waals surface area contributed by atoms with Gasteiger partial charge in [0.25, 0.3) is 0 Å². The molecule has 2 aromatic heterocycles. The van der Waals surface area contributed by atoms with Gasteiger partial charge in [0.2, 0.25) is 0 Å². The third kappa shape index (κ3) is 1.77. The highest BCUT2D eigenvalue weighted by Crippen LogP contribution is 2.36. The van der Waals surface area contributed by atoms with Gasteiger partial charge in [-0.2, -0.15) is 13.2 Å². The molecular weight excluding hydrogens is 265 g/mol. The first-order valence-electron chi connectivity index (χ1n) is 6.38. The summed E-state index contributed by atoms with van der Waals surface area (Å²) in [6, 6.07) is 6.09. The van der Waals surface area contributed by atoms with E-state index in [9.17, 15) is 13.2 Å². The third-order valence-corrected chi connectivity index (χ3v) is 3.55. The highest BCUT2D eigenvalue weighted by Gasteiger charge is 2.31.